The lowest BCUT2D eigenvalue weighted by molar-refractivity contribution is -0.0473. The van der Waals surface area contributed by atoms with E-state index in [1.54, 1.807) is 6.33 Å². The Morgan fingerprint density at radius 2 is 1.83 bits per heavy atom. The minimum absolute atomic E-state index is 0.578. The van der Waals surface area contributed by atoms with Crippen molar-refractivity contribution in [1.29, 1.82) is 0 Å². The van der Waals surface area contributed by atoms with Gasteiger partial charge in [-0.15, -0.1) is 0 Å². The average Bonchev–Trinajstić information content (AvgIpc) is 2.52. The van der Waals surface area contributed by atoms with Crippen LogP contribution in [0.5, 0.6) is 0 Å². The van der Waals surface area contributed by atoms with Crippen LogP contribution in [0.2, 0.25) is 0 Å². The smallest absolute Gasteiger partial charge is 0.135 e. The zero-order valence-electron chi connectivity index (χ0n) is 14.2. The Morgan fingerprint density at radius 3 is 2.52 bits per heavy atom. The Hall–Kier alpha value is -1.16. The number of nitrogens with zero attached hydrogens (tertiary/aromatic N) is 3. The van der Waals surface area contributed by atoms with Gasteiger partial charge in [-0.2, -0.15) is 0 Å². The fraction of sp³-hybridized carbons (Fsp3) is 0.789. The number of hydrogen-bond acceptors (Lipinski definition) is 4. The highest BCUT2D eigenvalue weighted by atomic mass is 15.2. The Labute approximate surface area is 139 Å². The summed E-state index contributed by atoms with van der Waals surface area (Å²) in [5, 5.41) is 3.42. The Morgan fingerprint density at radius 1 is 1.13 bits per heavy atom. The fourth-order valence-corrected chi connectivity index (χ4v) is 6.66. The van der Waals surface area contributed by atoms with Crippen molar-refractivity contribution < 1.29 is 0 Å². The van der Waals surface area contributed by atoms with E-state index in [0.717, 1.165) is 37.3 Å². The Kier molecular flexibility index (Phi) is 3.19. The first kappa shape index (κ1) is 14.2. The predicted octanol–water partition coefficient (Wildman–Crippen LogP) is 2.77. The van der Waals surface area contributed by atoms with Gasteiger partial charge < -0.3 is 10.2 Å². The van der Waals surface area contributed by atoms with Crippen molar-refractivity contribution in [1.82, 2.24) is 15.3 Å². The Bertz CT molecular complexity index is 576. The SMILES string of the molecule is CN(CC12CC3CC(CC(C3)C1)C2)c1ncnc2c1CCNC2. The summed E-state index contributed by atoms with van der Waals surface area (Å²) in [7, 11) is 2.27. The van der Waals surface area contributed by atoms with Gasteiger partial charge in [-0.05, 0) is 74.7 Å². The number of fused-ring (bicyclic) bond motifs is 1. The molecule has 124 valence electrons. The van der Waals surface area contributed by atoms with Crippen molar-refractivity contribution in [2.45, 2.75) is 51.5 Å². The lowest BCUT2D eigenvalue weighted by atomic mass is 9.49. The molecule has 4 heteroatoms. The van der Waals surface area contributed by atoms with E-state index in [1.807, 2.05) is 0 Å². The van der Waals surface area contributed by atoms with Gasteiger partial charge in [0.05, 0.1) is 5.69 Å². The molecule has 23 heavy (non-hydrogen) atoms. The van der Waals surface area contributed by atoms with Crippen molar-refractivity contribution in [3.8, 4) is 0 Å². The number of rotatable bonds is 3. The molecule has 0 amide bonds. The van der Waals surface area contributed by atoms with Crippen LogP contribution in [-0.4, -0.2) is 30.1 Å². The Balaban J connectivity index is 1.41. The molecule has 4 bridgehead atoms. The third kappa shape index (κ3) is 2.37. The largest absolute Gasteiger partial charge is 0.359 e. The van der Waals surface area contributed by atoms with Crippen LogP contribution in [-0.2, 0) is 13.0 Å². The van der Waals surface area contributed by atoms with Crippen molar-refractivity contribution in [2.75, 3.05) is 25.0 Å². The average molecular weight is 312 g/mol. The molecular formula is C19H28N4. The van der Waals surface area contributed by atoms with Crippen LogP contribution in [0.25, 0.3) is 0 Å². The summed E-state index contributed by atoms with van der Waals surface area (Å²) in [6.45, 7) is 3.15. The van der Waals surface area contributed by atoms with Gasteiger partial charge in [-0.3, -0.25) is 0 Å². The van der Waals surface area contributed by atoms with Crippen LogP contribution in [0.4, 0.5) is 5.82 Å². The molecule has 5 aliphatic rings. The van der Waals surface area contributed by atoms with E-state index in [-0.39, 0.29) is 0 Å². The molecule has 1 aromatic rings. The lowest BCUT2D eigenvalue weighted by Gasteiger charge is -2.57. The molecule has 0 saturated heterocycles. The molecular weight excluding hydrogens is 284 g/mol. The molecule has 6 rings (SSSR count). The lowest BCUT2D eigenvalue weighted by Crippen LogP contribution is -2.51. The standard InChI is InChI=1S/C19H28N4/c1-23(18-16-2-3-20-10-17(16)21-12-22-18)11-19-7-13-4-14(8-19)6-15(5-13)9-19/h12-15,20H,2-11H2,1H3. The van der Waals surface area contributed by atoms with Gasteiger partial charge in [0.25, 0.3) is 0 Å². The third-order valence-electron chi connectivity index (χ3n) is 6.96. The van der Waals surface area contributed by atoms with E-state index in [4.69, 9.17) is 0 Å². The molecule has 1 aromatic heterocycles. The summed E-state index contributed by atoms with van der Waals surface area (Å²) in [5.74, 6) is 4.28. The molecule has 0 aromatic carbocycles. The molecule has 4 aliphatic carbocycles. The van der Waals surface area contributed by atoms with E-state index in [1.165, 1.54) is 62.1 Å². The zero-order chi connectivity index (χ0) is 15.4. The van der Waals surface area contributed by atoms with E-state index in [9.17, 15) is 0 Å². The van der Waals surface area contributed by atoms with Gasteiger partial charge in [0, 0.05) is 25.7 Å². The predicted molar refractivity (Wildman–Crippen MR) is 91.3 cm³/mol. The summed E-state index contributed by atoms with van der Waals surface area (Å²) in [5.41, 5.74) is 3.17. The molecule has 1 N–H and O–H groups in total. The van der Waals surface area contributed by atoms with Gasteiger partial charge in [-0.1, -0.05) is 0 Å². The van der Waals surface area contributed by atoms with Crippen LogP contribution in [0.3, 0.4) is 0 Å². The first-order valence-electron chi connectivity index (χ1n) is 9.45. The van der Waals surface area contributed by atoms with E-state index >= 15 is 0 Å². The highest BCUT2D eigenvalue weighted by Crippen LogP contribution is 2.60. The summed E-state index contributed by atoms with van der Waals surface area (Å²) < 4.78 is 0. The third-order valence-corrected chi connectivity index (χ3v) is 6.96. The van der Waals surface area contributed by atoms with E-state index < -0.39 is 0 Å². The van der Waals surface area contributed by atoms with E-state index in [0.29, 0.717) is 5.41 Å². The second kappa shape index (κ2) is 5.17. The summed E-state index contributed by atoms with van der Waals surface area (Å²) in [4.78, 5) is 11.6. The number of anilines is 1. The molecule has 0 radical (unpaired) electrons. The van der Waals surface area contributed by atoms with Crippen molar-refractivity contribution in [2.24, 2.45) is 23.2 Å². The second-order valence-corrected chi connectivity index (χ2v) is 8.82. The highest BCUT2D eigenvalue weighted by Gasteiger charge is 2.51. The monoisotopic (exact) mass is 312 g/mol. The minimum Gasteiger partial charge on any atom is -0.359 e. The maximum atomic E-state index is 4.68. The summed E-state index contributed by atoms with van der Waals surface area (Å²) >= 11 is 0. The number of nitrogens with one attached hydrogen (secondary N) is 1. The van der Waals surface area contributed by atoms with Crippen molar-refractivity contribution >= 4 is 5.82 Å². The highest BCUT2D eigenvalue weighted by molar-refractivity contribution is 5.49. The van der Waals surface area contributed by atoms with Gasteiger partial charge in [0.1, 0.15) is 12.1 Å². The van der Waals surface area contributed by atoms with Crippen LogP contribution in [0, 0.1) is 23.2 Å². The maximum Gasteiger partial charge on any atom is 0.135 e. The normalized spacial score (nSPS) is 37.7. The van der Waals surface area contributed by atoms with Gasteiger partial charge in [-0.25, -0.2) is 9.97 Å². The molecule has 0 unspecified atom stereocenters. The second-order valence-electron chi connectivity index (χ2n) is 8.82. The molecule has 4 fully saturated rings. The van der Waals surface area contributed by atoms with Gasteiger partial charge in [0.2, 0.25) is 0 Å². The topological polar surface area (TPSA) is 41.1 Å². The van der Waals surface area contributed by atoms with Crippen LogP contribution < -0.4 is 10.2 Å². The molecule has 4 nitrogen and oxygen atoms in total. The van der Waals surface area contributed by atoms with Crippen LogP contribution in [0.15, 0.2) is 6.33 Å². The van der Waals surface area contributed by atoms with Gasteiger partial charge >= 0.3 is 0 Å². The number of aromatic nitrogens is 2. The fourth-order valence-electron chi connectivity index (χ4n) is 6.66. The maximum absolute atomic E-state index is 4.68. The molecule has 1 aliphatic heterocycles. The van der Waals surface area contributed by atoms with E-state index in [2.05, 4.69) is 27.2 Å². The molecule has 0 atom stereocenters. The first-order valence-corrected chi connectivity index (χ1v) is 9.45. The quantitative estimate of drug-likeness (QED) is 0.932. The van der Waals surface area contributed by atoms with Crippen molar-refractivity contribution in [3.63, 3.8) is 0 Å². The van der Waals surface area contributed by atoms with Crippen LogP contribution in [0.1, 0.15) is 49.8 Å². The van der Waals surface area contributed by atoms with Gasteiger partial charge in [0.15, 0.2) is 0 Å². The molecule has 2 heterocycles. The molecule has 4 saturated carbocycles. The minimum atomic E-state index is 0.578. The van der Waals surface area contributed by atoms with Crippen LogP contribution >= 0.6 is 0 Å². The number of hydrogen-bond donors (Lipinski definition) is 1. The molecule has 0 spiro atoms. The van der Waals surface area contributed by atoms with Crippen molar-refractivity contribution in [3.05, 3.63) is 17.6 Å². The first-order chi connectivity index (χ1) is 11.2. The summed E-state index contributed by atoms with van der Waals surface area (Å²) in [6, 6.07) is 0. The zero-order valence-corrected chi connectivity index (χ0v) is 14.2. The summed E-state index contributed by atoms with van der Waals surface area (Å²) in [6.07, 6.45) is 11.8.